The Morgan fingerprint density at radius 1 is 0.952 bits per heavy atom. The van der Waals surface area contributed by atoms with Crippen LogP contribution in [0.4, 0.5) is 4.79 Å². The Labute approximate surface area is 127 Å². The first-order chi connectivity index (χ1) is 10.1. The summed E-state index contributed by atoms with van der Waals surface area (Å²) in [6.07, 6.45) is 0. The van der Waals surface area contributed by atoms with Crippen molar-refractivity contribution in [2.45, 2.75) is 6.61 Å². The third-order valence-corrected chi connectivity index (χ3v) is 3.03. The third-order valence-electron chi connectivity index (χ3n) is 2.92. The minimum Gasteiger partial charge on any atom is -0.497 e. The zero-order valence-electron chi connectivity index (χ0n) is 11.3. The Kier molecular flexibility index (Phi) is 4.95. The summed E-state index contributed by atoms with van der Waals surface area (Å²) in [4.78, 5) is 22.8. The smallest absolute Gasteiger partial charge is 0.404 e. The van der Waals surface area contributed by atoms with E-state index in [0.29, 0.717) is 16.9 Å². The van der Waals surface area contributed by atoms with Gasteiger partial charge >= 0.3 is 5.43 Å². The van der Waals surface area contributed by atoms with Gasteiger partial charge in [0.1, 0.15) is 12.4 Å². The molecule has 0 radical (unpaired) electrons. The van der Waals surface area contributed by atoms with Crippen LogP contribution in [-0.4, -0.2) is 18.3 Å². The fraction of sp³-hybridized carbons (Fsp3) is 0.125. The molecule has 0 aliphatic carbocycles. The minimum atomic E-state index is -0.853. The lowest BCUT2D eigenvalue weighted by Gasteiger charge is -2.05. The number of hydrogen-bond donors (Lipinski definition) is 0. The second-order valence-electron chi connectivity index (χ2n) is 4.28. The van der Waals surface area contributed by atoms with Gasteiger partial charge in [-0.3, -0.25) is 4.79 Å². The Morgan fingerprint density at radius 2 is 1.48 bits per heavy atom. The molecule has 2 aromatic carbocycles. The quantitative estimate of drug-likeness (QED) is 0.623. The molecular formula is C16H13ClO4. The number of ether oxygens (including phenoxy) is 2. The molecule has 0 aromatic heterocycles. The maximum absolute atomic E-state index is 12.3. The van der Waals surface area contributed by atoms with Gasteiger partial charge in [0.05, 0.1) is 7.11 Å². The third kappa shape index (κ3) is 4.07. The fourth-order valence-corrected chi connectivity index (χ4v) is 1.86. The molecule has 2 rings (SSSR count). The van der Waals surface area contributed by atoms with Gasteiger partial charge in [-0.2, -0.15) is 0 Å². The number of rotatable bonds is 5. The van der Waals surface area contributed by atoms with Crippen molar-refractivity contribution in [3.63, 3.8) is 0 Å². The summed E-state index contributed by atoms with van der Waals surface area (Å²) in [6.45, 7) is 0.0827. The topological polar surface area (TPSA) is 52.6 Å². The summed E-state index contributed by atoms with van der Waals surface area (Å²) >= 11 is 5.09. The van der Waals surface area contributed by atoms with Crippen LogP contribution in [0.15, 0.2) is 48.5 Å². The van der Waals surface area contributed by atoms with Gasteiger partial charge in [-0.1, -0.05) is 24.3 Å². The van der Waals surface area contributed by atoms with Crippen LogP contribution in [0, 0.1) is 0 Å². The molecule has 0 atom stereocenters. The Morgan fingerprint density at radius 3 is 1.95 bits per heavy atom. The van der Waals surface area contributed by atoms with Crippen molar-refractivity contribution in [2.24, 2.45) is 0 Å². The summed E-state index contributed by atoms with van der Waals surface area (Å²) in [6, 6.07) is 13.7. The van der Waals surface area contributed by atoms with Gasteiger partial charge in [0.25, 0.3) is 0 Å². The number of halogens is 1. The van der Waals surface area contributed by atoms with Crippen molar-refractivity contribution < 1.29 is 19.1 Å². The van der Waals surface area contributed by atoms with Gasteiger partial charge in [0.2, 0.25) is 0 Å². The van der Waals surface area contributed by atoms with Gasteiger partial charge in [0.15, 0.2) is 5.78 Å². The first-order valence-corrected chi connectivity index (χ1v) is 6.58. The molecule has 0 spiro atoms. The lowest BCUT2D eigenvalue weighted by atomic mass is 10.0. The molecule has 0 aliphatic heterocycles. The maximum atomic E-state index is 12.3. The monoisotopic (exact) mass is 304 g/mol. The molecule has 2 aromatic rings. The molecule has 0 unspecified atom stereocenters. The molecule has 4 nitrogen and oxygen atoms in total. The van der Waals surface area contributed by atoms with E-state index in [4.69, 9.17) is 16.3 Å². The lowest BCUT2D eigenvalue weighted by molar-refractivity contribution is 0.103. The lowest BCUT2D eigenvalue weighted by Crippen LogP contribution is -2.02. The highest BCUT2D eigenvalue weighted by Crippen LogP contribution is 2.16. The Bertz CT molecular complexity index is 632. The van der Waals surface area contributed by atoms with Crippen molar-refractivity contribution in [2.75, 3.05) is 7.11 Å². The van der Waals surface area contributed by atoms with Crippen LogP contribution in [0.2, 0.25) is 0 Å². The molecule has 0 saturated carbocycles. The summed E-state index contributed by atoms with van der Waals surface area (Å²) in [5, 5.41) is 0. The standard InChI is InChI=1S/C16H13ClO4/c1-20-14-8-6-13(7-9-14)15(18)12-4-2-11(3-5-12)10-21-16(17)19/h2-9H,10H2,1H3. The predicted molar refractivity (Wildman–Crippen MR) is 78.9 cm³/mol. The first kappa shape index (κ1) is 15.1. The average Bonchev–Trinajstić information content (AvgIpc) is 2.53. The van der Waals surface area contributed by atoms with E-state index in [2.05, 4.69) is 4.74 Å². The molecule has 0 N–H and O–H groups in total. The van der Waals surface area contributed by atoms with E-state index >= 15 is 0 Å². The van der Waals surface area contributed by atoms with Crippen molar-refractivity contribution in [3.8, 4) is 5.75 Å². The number of hydrogen-bond acceptors (Lipinski definition) is 4. The van der Waals surface area contributed by atoms with E-state index in [1.807, 2.05) is 0 Å². The van der Waals surface area contributed by atoms with Crippen molar-refractivity contribution in [1.29, 1.82) is 0 Å². The molecule has 0 saturated heterocycles. The number of methoxy groups -OCH3 is 1. The fourth-order valence-electron chi connectivity index (χ4n) is 1.80. The van der Waals surface area contributed by atoms with E-state index in [-0.39, 0.29) is 12.4 Å². The largest absolute Gasteiger partial charge is 0.497 e. The van der Waals surface area contributed by atoms with Gasteiger partial charge in [0, 0.05) is 22.7 Å². The highest BCUT2D eigenvalue weighted by atomic mass is 35.5. The molecular weight excluding hydrogens is 292 g/mol. The van der Waals surface area contributed by atoms with Crippen LogP contribution in [0.5, 0.6) is 5.75 Å². The number of carbonyl (C=O) groups is 2. The van der Waals surface area contributed by atoms with E-state index in [0.717, 1.165) is 5.56 Å². The Hall–Kier alpha value is -2.33. The normalized spacial score (nSPS) is 10.0. The van der Waals surface area contributed by atoms with Gasteiger partial charge in [-0.25, -0.2) is 4.79 Å². The summed E-state index contributed by atoms with van der Waals surface area (Å²) in [5.74, 6) is 0.614. The van der Waals surface area contributed by atoms with Crippen LogP contribution in [0.1, 0.15) is 21.5 Å². The molecule has 0 amide bonds. The van der Waals surface area contributed by atoms with Crippen LogP contribution >= 0.6 is 11.6 Å². The Balaban J connectivity index is 2.09. The summed E-state index contributed by atoms with van der Waals surface area (Å²) in [5.41, 5.74) is 1.04. The van der Waals surface area contributed by atoms with E-state index in [1.165, 1.54) is 0 Å². The average molecular weight is 305 g/mol. The second-order valence-corrected chi connectivity index (χ2v) is 4.59. The number of carbonyl (C=O) groups excluding carboxylic acids is 2. The zero-order chi connectivity index (χ0) is 15.2. The van der Waals surface area contributed by atoms with Gasteiger partial charge in [-0.05, 0) is 29.8 Å². The molecule has 21 heavy (non-hydrogen) atoms. The highest BCUT2D eigenvalue weighted by molar-refractivity contribution is 6.61. The van der Waals surface area contributed by atoms with Crippen LogP contribution < -0.4 is 4.74 Å². The van der Waals surface area contributed by atoms with E-state index < -0.39 is 5.43 Å². The minimum absolute atomic E-state index is 0.0827. The van der Waals surface area contributed by atoms with Crippen LogP contribution in [-0.2, 0) is 11.3 Å². The molecule has 108 valence electrons. The van der Waals surface area contributed by atoms with Crippen molar-refractivity contribution in [1.82, 2.24) is 0 Å². The van der Waals surface area contributed by atoms with Crippen LogP contribution in [0.3, 0.4) is 0 Å². The number of ketones is 1. The highest BCUT2D eigenvalue weighted by Gasteiger charge is 2.09. The predicted octanol–water partition coefficient (Wildman–Crippen LogP) is 3.80. The summed E-state index contributed by atoms with van der Waals surface area (Å²) < 4.78 is 9.72. The van der Waals surface area contributed by atoms with Gasteiger partial charge in [-0.15, -0.1) is 0 Å². The van der Waals surface area contributed by atoms with Crippen LogP contribution in [0.25, 0.3) is 0 Å². The molecule has 0 fully saturated rings. The van der Waals surface area contributed by atoms with E-state index in [1.54, 1.807) is 55.6 Å². The van der Waals surface area contributed by atoms with Crippen molar-refractivity contribution in [3.05, 3.63) is 65.2 Å². The first-order valence-electron chi connectivity index (χ1n) is 6.20. The molecule has 5 heteroatoms. The SMILES string of the molecule is COc1ccc(C(=O)c2ccc(COC(=O)Cl)cc2)cc1. The van der Waals surface area contributed by atoms with Crippen molar-refractivity contribution >= 4 is 22.8 Å². The van der Waals surface area contributed by atoms with Gasteiger partial charge < -0.3 is 9.47 Å². The summed E-state index contributed by atoms with van der Waals surface area (Å²) in [7, 11) is 1.57. The molecule has 0 heterocycles. The second kappa shape index (κ2) is 6.90. The zero-order valence-corrected chi connectivity index (χ0v) is 12.1. The maximum Gasteiger partial charge on any atom is 0.404 e. The molecule has 0 aliphatic rings. The molecule has 0 bridgehead atoms. The van der Waals surface area contributed by atoms with E-state index in [9.17, 15) is 9.59 Å². The number of benzene rings is 2.